The van der Waals surface area contributed by atoms with Gasteiger partial charge in [-0.3, -0.25) is 4.90 Å². The highest BCUT2D eigenvalue weighted by Gasteiger charge is 2.22. The van der Waals surface area contributed by atoms with Crippen LogP contribution in [-0.2, 0) is 13.1 Å². The zero-order chi connectivity index (χ0) is 26.1. The first kappa shape index (κ1) is 29.3. The molecule has 8 heteroatoms. The highest BCUT2D eigenvalue weighted by molar-refractivity contribution is 5.97. The quantitative estimate of drug-likeness (QED) is 0.112. The lowest BCUT2D eigenvalue weighted by Gasteiger charge is -2.22. The molecule has 0 spiro atoms. The minimum Gasteiger partial charge on any atom is -0.385 e. The van der Waals surface area contributed by atoms with E-state index in [1.54, 1.807) is 6.08 Å². The summed E-state index contributed by atoms with van der Waals surface area (Å²) in [5.41, 5.74) is 25.5. The van der Waals surface area contributed by atoms with Gasteiger partial charge >= 0.3 is 0 Å². The molecule has 0 amide bonds. The van der Waals surface area contributed by atoms with E-state index in [2.05, 4.69) is 59.8 Å². The average Bonchev–Trinajstić information content (AvgIpc) is 3.33. The number of rotatable bonds is 8. The van der Waals surface area contributed by atoms with E-state index in [0.29, 0.717) is 24.6 Å². The second kappa shape index (κ2) is 16.8. The molecule has 1 fully saturated rings. The molecule has 8 nitrogen and oxygen atoms in total. The zero-order valence-electron chi connectivity index (χ0n) is 20.9. The Morgan fingerprint density at radius 2 is 1.63 bits per heavy atom. The standard InChI is InChI=1S/C14H20N2.C7H9N.C6H13N5/c1-12(14-9-6-10-16(14)2)15-11-13-7-4-3-5-8-13;8-6-7-4-2-1-3-5-7;1-2-3-4(5(7)8)6(9)11-10/h3-5,7-8,14-15H,1,6,9-11H2,2H3;1-5H,6,8H2;2H,1,3,7-8,10H2,(H2,9,11). The fraction of sp³-hybridized carbons (Fsp3) is 0.296. The number of nitrogens with one attached hydrogen (secondary N) is 1. The molecular formula is C27H42N8. The number of hydrazone groups is 1. The molecule has 11 N–H and O–H groups in total. The molecule has 0 aromatic heterocycles. The molecule has 35 heavy (non-hydrogen) atoms. The van der Waals surface area contributed by atoms with Crippen molar-refractivity contribution in [2.75, 3.05) is 13.6 Å². The number of nitrogens with zero attached hydrogens (tertiary/aromatic N) is 2. The molecule has 1 unspecified atom stereocenters. The van der Waals surface area contributed by atoms with Gasteiger partial charge in [-0.25, -0.2) is 0 Å². The largest absolute Gasteiger partial charge is 0.385 e. The van der Waals surface area contributed by atoms with Crippen molar-refractivity contribution in [3.8, 4) is 0 Å². The molecule has 2 aromatic rings. The lowest BCUT2D eigenvalue weighted by atomic mass is 10.1. The van der Waals surface area contributed by atoms with Gasteiger partial charge in [-0.15, -0.1) is 6.58 Å². The Kier molecular flexibility index (Phi) is 14.1. The van der Waals surface area contributed by atoms with Gasteiger partial charge in [0.15, 0.2) is 0 Å². The third kappa shape index (κ3) is 11.3. The van der Waals surface area contributed by atoms with Crippen molar-refractivity contribution < 1.29 is 0 Å². The normalized spacial score (nSPS) is 15.0. The molecule has 1 aliphatic heterocycles. The lowest BCUT2D eigenvalue weighted by Crippen LogP contribution is -2.32. The van der Waals surface area contributed by atoms with Crippen molar-refractivity contribution in [3.05, 3.63) is 108 Å². The minimum atomic E-state index is 0.122. The molecule has 0 bridgehead atoms. The number of allylic oxidation sites excluding steroid dienone is 1. The van der Waals surface area contributed by atoms with Crippen LogP contribution in [0.15, 0.2) is 102 Å². The van der Waals surface area contributed by atoms with Crippen molar-refractivity contribution >= 4 is 5.84 Å². The Morgan fingerprint density at radius 3 is 2.03 bits per heavy atom. The predicted octanol–water partition coefficient (Wildman–Crippen LogP) is 2.45. The number of hydrogen-bond acceptors (Lipinski definition) is 7. The van der Waals surface area contributed by atoms with Gasteiger partial charge in [0.1, 0.15) is 11.7 Å². The topological polar surface area (TPSA) is 158 Å². The van der Waals surface area contributed by atoms with Crippen LogP contribution in [0.1, 0.15) is 30.4 Å². The zero-order valence-corrected chi connectivity index (χ0v) is 20.9. The van der Waals surface area contributed by atoms with Crippen molar-refractivity contribution in [2.45, 2.75) is 38.4 Å². The van der Waals surface area contributed by atoms with E-state index < -0.39 is 0 Å². The average molecular weight is 479 g/mol. The fourth-order valence-electron chi connectivity index (χ4n) is 3.49. The van der Waals surface area contributed by atoms with Crippen LogP contribution >= 0.6 is 0 Å². The number of amidine groups is 1. The molecule has 2 aromatic carbocycles. The minimum absolute atomic E-state index is 0.122. The van der Waals surface area contributed by atoms with Crippen molar-refractivity contribution in [1.82, 2.24) is 10.2 Å². The Labute approximate surface area is 210 Å². The van der Waals surface area contributed by atoms with Crippen LogP contribution in [0.4, 0.5) is 0 Å². The molecular weight excluding hydrogens is 436 g/mol. The van der Waals surface area contributed by atoms with E-state index in [4.69, 9.17) is 28.8 Å². The third-order valence-corrected chi connectivity index (χ3v) is 5.51. The fourth-order valence-corrected chi connectivity index (χ4v) is 3.49. The van der Waals surface area contributed by atoms with E-state index in [-0.39, 0.29) is 11.7 Å². The van der Waals surface area contributed by atoms with Gasteiger partial charge in [-0.05, 0) is 44.0 Å². The molecule has 0 radical (unpaired) electrons. The molecule has 1 heterocycles. The predicted molar refractivity (Wildman–Crippen MR) is 148 cm³/mol. The molecule has 1 atom stereocenters. The summed E-state index contributed by atoms with van der Waals surface area (Å²) in [5.74, 6) is 5.19. The number of likely N-dealkylation sites (tertiary alicyclic amines) is 1. The van der Waals surface area contributed by atoms with Gasteiger partial charge in [-0.1, -0.05) is 73.3 Å². The van der Waals surface area contributed by atoms with Crippen molar-refractivity contribution in [3.63, 3.8) is 0 Å². The third-order valence-electron chi connectivity index (χ3n) is 5.51. The van der Waals surface area contributed by atoms with Gasteiger partial charge in [0.25, 0.3) is 0 Å². The maximum Gasteiger partial charge on any atom is 0.150 e. The van der Waals surface area contributed by atoms with E-state index in [9.17, 15) is 0 Å². The van der Waals surface area contributed by atoms with Gasteiger partial charge < -0.3 is 34.1 Å². The number of nitrogens with two attached hydrogens (primary N) is 5. The first-order chi connectivity index (χ1) is 16.8. The first-order valence-corrected chi connectivity index (χ1v) is 11.6. The van der Waals surface area contributed by atoms with Crippen LogP contribution in [0.3, 0.4) is 0 Å². The molecule has 1 aliphatic rings. The van der Waals surface area contributed by atoms with E-state index in [1.807, 2.05) is 36.4 Å². The summed E-state index contributed by atoms with van der Waals surface area (Å²) >= 11 is 0. The van der Waals surface area contributed by atoms with E-state index in [1.165, 1.54) is 30.5 Å². The summed E-state index contributed by atoms with van der Waals surface area (Å²) in [7, 11) is 2.17. The SMILES string of the molecule is C=C(NCc1ccccc1)C1CCCN1C.C=CCC(=C(N)N)/C(N)=N/N.NCc1ccccc1. The van der Waals surface area contributed by atoms with Gasteiger partial charge in [0.05, 0.1) is 0 Å². The van der Waals surface area contributed by atoms with Crippen LogP contribution < -0.4 is 34.1 Å². The summed E-state index contributed by atoms with van der Waals surface area (Å²) in [6, 6.07) is 21.0. The molecule has 0 aliphatic carbocycles. The highest BCUT2D eigenvalue weighted by Crippen LogP contribution is 2.19. The van der Waals surface area contributed by atoms with Crippen LogP contribution in [0.25, 0.3) is 0 Å². The van der Waals surface area contributed by atoms with Crippen molar-refractivity contribution in [2.24, 2.45) is 33.9 Å². The summed E-state index contributed by atoms with van der Waals surface area (Å²) < 4.78 is 0. The Morgan fingerprint density at radius 1 is 1.06 bits per heavy atom. The van der Waals surface area contributed by atoms with Gasteiger partial charge in [0.2, 0.25) is 0 Å². The highest BCUT2D eigenvalue weighted by atomic mass is 15.2. The lowest BCUT2D eigenvalue weighted by molar-refractivity contribution is 0.334. The van der Waals surface area contributed by atoms with E-state index in [0.717, 1.165) is 12.2 Å². The first-order valence-electron chi connectivity index (χ1n) is 11.6. The second-order valence-corrected chi connectivity index (χ2v) is 8.13. The number of benzene rings is 2. The second-order valence-electron chi connectivity index (χ2n) is 8.13. The van der Waals surface area contributed by atoms with Crippen molar-refractivity contribution in [1.29, 1.82) is 0 Å². The maximum absolute atomic E-state index is 5.36. The molecule has 3 rings (SSSR count). The molecule has 190 valence electrons. The van der Waals surface area contributed by atoms with Crippen LogP contribution in [0, 0.1) is 0 Å². The van der Waals surface area contributed by atoms with Gasteiger partial charge in [0, 0.05) is 30.4 Å². The monoisotopic (exact) mass is 478 g/mol. The van der Waals surface area contributed by atoms with Gasteiger partial charge in [-0.2, -0.15) is 5.10 Å². The number of hydrogen-bond donors (Lipinski definition) is 6. The Bertz CT molecular complexity index is 934. The number of likely N-dealkylation sites (N-methyl/N-ethyl adjacent to an activating group) is 1. The summed E-state index contributed by atoms with van der Waals surface area (Å²) in [6.45, 7) is 10.4. The Hall–Kier alpha value is -3.75. The van der Waals surface area contributed by atoms with E-state index >= 15 is 0 Å². The van der Waals surface area contributed by atoms with Crippen LogP contribution in [0.5, 0.6) is 0 Å². The van der Waals surface area contributed by atoms with Crippen LogP contribution in [0.2, 0.25) is 0 Å². The summed E-state index contributed by atoms with van der Waals surface area (Å²) in [5, 5.41) is 6.69. The van der Waals surface area contributed by atoms with Crippen LogP contribution in [-0.4, -0.2) is 30.4 Å². The summed E-state index contributed by atoms with van der Waals surface area (Å²) in [4.78, 5) is 2.38. The molecule has 0 saturated carbocycles. The summed E-state index contributed by atoms with van der Waals surface area (Å²) in [6.07, 6.45) is 4.60. The Balaban J connectivity index is 0.000000281. The smallest absolute Gasteiger partial charge is 0.150 e. The molecule has 1 saturated heterocycles. The maximum atomic E-state index is 5.36.